The fourth-order valence-corrected chi connectivity index (χ4v) is 3.82. The Morgan fingerprint density at radius 3 is 2.50 bits per heavy atom. The molecule has 0 unspecified atom stereocenters. The monoisotopic (exact) mass is 325 g/mol. The Labute approximate surface area is 138 Å². The number of fused-ring (bicyclic) bond motifs is 1. The van der Waals surface area contributed by atoms with Crippen LogP contribution in [0.1, 0.15) is 43.7 Å². The van der Waals surface area contributed by atoms with Crippen LogP contribution in [0.2, 0.25) is 0 Å². The molecule has 124 valence electrons. The number of nitrogens with one attached hydrogen (secondary N) is 3. The quantitative estimate of drug-likeness (QED) is 0.648. The summed E-state index contributed by atoms with van der Waals surface area (Å²) in [6.07, 6.45) is 1.20. The van der Waals surface area contributed by atoms with Crippen molar-refractivity contribution in [1.29, 1.82) is 0 Å². The van der Waals surface area contributed by atoms with Crippen LogP contribution in [-0.2, 0) is 4.79 Å². The highest BCUT2D eigenvalue weighted by Gasteiger charge is 2.42. The Morgan fingerprint density at radius 2 is 1.79 bits per heavy atom. The van der Waals surface area contributed by atoms with Crippen molar-refractivity contribution in [3.63, 3.8) is 0 Å². The lowest BCUT2D eigenvalue weighted by molar-refractivity contribution is -0.118. The van der Waals surface area contributed by atoms with Gasteiger partial charge in [0.2, 0.25) is 0 Å². The summed E-state index contributed by atoms with van der Waals surface area (Å²) in [5.41, 5.74) is 2.53. The zero-order valence-electron chi connectivity index (χ0n) is 13.6. The van der Waals surface area contributed by atoms with Crippen LogP contribution in [0, 0.1) is 5.41 Å². The molecule has 2 aliphatic rings. The summed E-state index contributed by atoms with van der Waals surface area (Å²) in [6, 6.07) is 6.68. The zero-order valence-corrected chi connectivity index (χ0v) is 13.6. The van der Waals surface area contributed by atoms with Crippen molar-refractivity contribution in [2.24, 2.45) is 5.41 Å². The molecule has 0 saturated heterocycles. The Hall–Kier alpha value is -2.76. The maximum Gasteiger partial charge on any atom is 0.270 e. The number of hydrogen-bond acceptors (Lipinski definition) is 4. The molecule has 4 N–H and O–H groups in total. The summed E-state index contributed by atoms with van der Waals surface area (Å²) < 4.78 is 0. The van der Waals surface area contributed by atoms with E-state index in [0.717, 1.165) is 17.7 Å². The normalized spacial score (nSPS) is 21.9. The minimum absolute atomic E-state index is 0.0677. The second kappa shape index (κ2) is 4.87. The molecule has 0 bridgehead atoms. The summed E-state index contributed by atoms with van der Waals surface area (Å²) in [5, 5.41) is 18.3. The van der Waals surface area contributed by atoms with E-state index in [1.807, 2.05) is 0 Å². The Kier molecular flexibility index (Phi) is 3.00. The van der Waals surface area contributed by atoms with Crippen LogP contribution in [0.4, 0.5) is 5.82 Å². The third kappa shape index (κ3) is 2.18. The first-order valence-electron chi connectivity index (χ1n) is 7.98. The van der Waals surface area contributed by atoms with E-state index in [-0.39, 0.29) is 22.5 Å². The van der Waals surface area contributed by atoms with Crippen molar-refractivity contribution in [1.82, 2.24) is 10.2 Å². The van der Waals surface area contributed by atoms with Crippen LogP contribution in [0.5, 0.6) is 5.75 Å². The number of allylic oxidation sites excluding steroid dienone is 2. The van der Waals surface area contributed by atoms with Crippen LogP contribution in [0.3, 0.4) is 0 Å². The minimum atomic E-state index is -0.421. The van der Waals surface area contributed by atoms with E-state index >= 15 is 0 Å². The first-order chi connectivity index (χ1) is 11.4. The minimum Gasteiger partial charge on any atom is -0.508 e. The van der Waals surface area contributed by atoms with Gasteiger partial charge in [-0.05, 0) is 29.5 Å². The number of phenols is 1. The molecule has 1 aliphatic heterocycles. The van der Waals surface area contributed by atoms with Gasteiger partial charge in [-0.25, -0.2) is 0 Å². The van der Waals surface area contributed by atoms with Gasteiger partial charge in [-0.2, -0.15) is 0 Å². The third-order valence-electron chi connectivity index (χ3n) is 4.81. The average molecular weight is 325 g/mol. The highest BCUT2D eigenvalue weighted by atomic mass is 16.3. The average Bonchev–Trinajstić information content (AvgIpc) is 2.86. The summed E-state index contributed by atoms with van der Waals surface area (Å²) in [7, 11) is 0. The Morgan fingerprint density at radius 1 is 1.08 bits per heavy atom. The number of phenolic OH excluding ortho intramolecular Hbond substituents is 1. The van der Waals surface area contributed by atoms with Gasteiger partial charge in [-0.3, -0.25) is 19.8 Å². The van der Waals surface area contributed by atoms with Crippen molar-refractivity contribution < 1.29 is 9.90 Å². The van der Waals surface area contributed by atoms with Gasteiger partial charge in [0, 0.05) is 23.6 Å². The van der Waals surface area contributed by atoms with Crippen molar-refractivity contribution >= 4 is 11.6 Å². The molecule has 1 aromatic heterocycles. The van der Waals surface area contributed by atoms with E-state index in [1.165, 1.54) is 0 Å². The van der Waals surface area contributed by atoms with Gasteiger partial charge in [0.15, 0.2) is 5.78 Å². The molecule has 6 nitrogen and oxygen atoms in total. The first kappa shape index (κ1) is 14.8. The van der Waals surface area contributed by atoms with Crippen LogP contribution in [0.25, 0.3) is 0 Å². The van der Waals surface area contributed by atoms with Crippen LogP contribution in [0.15, 0.2) is 40.3 Å². The number of benzene rings is 1. The number of rotatable bonds is 1. The van der Waals surface area contributed by atoms with Gasteiger partial charge >= 0.3 is 0 Å². The number of anilines is 1. The number of H-pyrrole nitrogens is 2. The number of hydrogen-bond donors (Lipinski definition) is 4. The smallest absolute Gasteiger partial charge is 0.270 e. The van der Waals surface area contributed by atoms with E-state index in [0.29, 0.717) is 23.4 Å². The molecule has 1 aliphatic carbocycles. The van der Waals surface area contributed by atoms with Crippen molar-refractivity contribution in [2.75, 3.05) is 5.32 Å². The predicted octanol–water partition coefficient (Wildman–Crippen LogP) is 2.61. The van der Waals surface area contributed by atoms with Crippen molar-refractivity contribution in [2.45, 2.75) is 32.6 Å². The molecule has 6 heteroatoms. The van der Waals surface area contributed by atoms with Gasteiger partial charge in [0.05, 0.1) is 5.56 Å². The van der Waals surface area contributed by atoms with Gasteiger partial charge in [0.25, 0.3) is 5.56 Å². The van der Waals surface area contributed by atoms with Gasteiger partial charge in [-0.15, -0.1) is 0 Å². The van der Waals surface area contributed by atoms with Gasteiger partial charge in [0.1, 0.15) is 11.6 Å². The van der Waals surface area contributed by atoms with Crippen LogP contribution in [-0.4, -0.2) is 21.1 Å². The molecule has 2 aromatic rings. The highest BCUT2D eigenvalue weighted by Crippen LogP contribution is 2.47. The summed E-state index contributed by atoms with van der Waals surface area (Å²) in [5.74, 6) is 0.414. The second-order valence-corrected chi connectivity index (χ2v) is 7.35. The lowest BCUT2D eigenvalue weighted by Gasteiger charge is -2.37. The number of aromatic nitrogens is 2. The van der Waals surface area contributed by atoms with Gasteiger partial charge in [-0.1, -0.05) is 26.0 Å². The summed E-state index contributed by atoms with van der Waals surface area (Å²) in [6.45, 7) is 4.14. The van der Waals surface area contributed by atoms with E-state index in [9.17, 15) is 14.7 Å². The van der Waals surface area contributed by atoms with E-state index in [4.69, 9.17) is 0 Å². The molecule has 1 aromatic carbocycles. The molecular weight excluding hydrogens is 306 g/mol. The lowest BCUT2D eigenvalue weighted by atomic mass is 9.69. The number of Topliss-reactive ketones (excluding diaryl/α,β-unsaturated/α-hetero) is 1. The maximum absolute atomic E-state index is 12.9. The van der Waals surface area contributed by atoms with E-state index in [1.54, 1.807) is 24.3 Å². The highest BCUT2D eigenvalue weighted by molar-refractivity contribution is 6.01. The predicted molar refractivity (Wildman–Crippen MR) is 90.0 cm³/mol. The Balaban J connectivity index is 1.94. The number of ketones is 1. The molecule has 1 atom stereocenters. The number of carbonyl (C=O) groups excluding carboxylic acids is 1. The largest absolute Gasteiger partial charge is 0.508 e. The van der Waals surface area contributed by atoms with E-state index in [2.05, 4.69) is 29.4 Å². The number of aromatic hydroxyl groups is 1. The lowest BCUT2D eigenvalue weighted by Crippen LogP contribution is -2.34. The fourth-order valence-electron chi connectivity index (χ4n) is 3.82. The fraction of sp³-hybridized carbons (Fsp3) is 0.333. The molecule has 0 amide bonds. The topological polar surface area (TPSA) is 98.0 Å². The molecular formula is C18H19N3O3. The van der Waals surface area contributed by atoms with E-state index < -0.39 is 5.92 Å². The molecule has 0 radical (unpaired) electrons. The Bertz CT molecular complexity index is 916. The first-order valence-corrected chi connectivity index (χ1v) is 7.98. The van der Waals surface area contributed by atoms with Crippen LogP contribution < -0.4 is 10.9 Å². The second-order valence-electron chi connectivity index (χ2n) is 7.35. The molecule has 2 heterocycles. The SMILES string of the molecule is CC1(C)CC(=O)C2=C(C1)Nc1[nH][nH]c(=O)c1[C@H]2c1ccc(O)cc1. The molecule has 0 fully saturated rings. The number of aromatic amines is 2. The van der Waals surface area contributed by atoms with Gasteiger partial charge < -0.3 is 10.4 Å². The molecule has 0 spiro atoms. The molecule has 24 heavy (non-hydrogen) atoms. The van der Waals surface area contributed by atoms with Crippen molar-refractivity contribution in [3.05, 3.63) is 57.0 Å². The van der Waals surface area contributed by atoms with Crippen LogP contribution >= 0.6 is 0 Å². The van der Waals surface area contributed by atoms with Crippen molar-refractivity contribution in [3.8, 4) is 5.75 Å². The molecule has 4 rings (SSSR count). The summed E-state index contributed by atoms with van der Waals surface area (Å²) in [4.78, 5) is 25.2. The molecule has 0 saturated carbocycles. The zero-order chi connectivity index (χ0) is 17.1. The number of carbonyl (C=O) groups is 1. The summed E-state index contributed by atoms with van der Waals surface area (Å²) >= 11 is 0. The third-order valence-corrected chi connectivity index (χ3v) is 4.81. The standard InChI is InChI=1S/C18H19N3O3/c1-18(2)7-11-14(12(23)8-18)13(9-3-5-10(22)6-4-9)15-16(19-11)20-21-17(15)24/h3-6,13,22H,7-8H2,1-2H3,(H3,19,20,21,24)/t13-/m0/s1. The maximum atomic E-state index is 12.9.